The summed E-state index contributed by atoms with van der Waals surface area (Å²) in [5, 5.41) is 4.03. The molecule has 0 unspecified atom stereocenters. The second-order valence-electron chi connectivity index (χ2n) is 6.20. The number of aryl methyl sites for hydroxylation is 1. The average molecular weight is 374 g/mol. The van der Waals surface area contributed by atoms with Crippen molar-refractivity contribution in [3.8, 4) is 11.3 Å². The van der Waals surface area contributed by atoms with Gasteiger partial charge in [0.2, 0.25) is 0 Å². The zero-order valence-corrected chi connectivity index (χ0v) is 15.9. The highest BCUT2D eigenvalue weighted by atomic mass is 32.2. The fraction of sp³-hybridized carbons (Fsp3) is 0.136. The van der Waals surface area contributed by atoms with Crippen LogP contribution in [0.4, 0.5) is 0 Å². The largest absolute Gasteiger partial charge is 0.468 e. The summed E-state index contributed by atoms with van der Waals surface area (Å²) in [7, 11) is 1.39. The number of benzene rings is 2. The molecular formula is C22H18N2O2S. The van der Waals surface area contributed by atoms with Gasteiger partial charge < -0.3 is 4.74 Å². The Labute approximate surface area is 161 Å². The molecule has 4 aromatic rings. The van der Waals surface area contributed by atoms with E-state index in [9.17, 15) is 4.79 Å². The van der Waals surface area contributed by atoms with E-state index in [1.807, 2.05) is 37.3 Å². The van der Waals surface area contributed by atoms with E-state index in [0.717, 1.165) is 43.7 Å². The number of esters is 1. The molecule has 4 nitrogen and oxygen atoms in total. The second-order valence-corrected chi connectivity index (χ2v) is 7.17. The molecule has 27 heavy (non-hydrogen) atoms. The molecule has 0 radical (unpaired) electrons. The summed E-state index contributed by atoms with van der Waals surface area (Å²) in [5.74, 6) is -0.0717. The molecule has 0 bridgehead atoms. The van der Waals surface area contributed by atoms with Crippen molar-refractivity contribution in [3.63, 3.8) is 0 Å². The summed E-state index contributed by atoms with van der Waals surface area (Å²) < 4.78 is 4.77. The maximum atomic E-state index is 11.6. The van der Waals surface area contributed by atoms with Crippen molar-refractivity contribution in [1.82, 2.24) is 9.97 Å². The summed E-state index contributed by atoms with van der Waals surface area (Å²) in [4.78, 5) is 21.2. The van der Waals surface area contributed by atoms with E-state index in [2.05, 4.69) is 35.3 Å². The molecule has 2 aromatic carbocycles. The smallest absolute Gasteiger partial charge is 0.316 e. The number of methoxy groups -OCH3 is 1. The highest BCUT2D eigenvalue weighted by Crippen LogP contribution is 2.35. The molecule has 0 fully saturated rings. The molecule has 0 aliphatic rings. The normalized spacial score (nSPS) is 11.0. The molecular weight excluding hydrogens is 356 g/mol. The SMILES string of the molecule is COC(=O)CSc1nc(C)cc2c1nc(-c1ccccc1)c1ccccc12. The van der Waals surface area contributed by atoms with Crippen LogP contribution in [0.25, 0.3) is 32.9 Å². The number of carbonyl (C=O) groups is 1. The van der Waals surface area contributed by atoms with Crippen LogP contribution in [0, 0.1) is 6.92 Å². The first-order chi connectivity index (χ1) is 13.2. The van der Waals surface area contributed by atoms with Gasteiger partial charge in [0.25, 0.3) is 0 Å². The minimum absolute atomic E-state index is 0.206. The van der Waals surface area contributed by atoms with Gasteiger partial charge in [-0.25, -0.2) is 9.97 Å². The van der Waals surface area contributed by atoms with Gasteiger partial charge >= 0.3 is 5.97 Å². The van der Waals surface area contributed by atoms with Crippen LogP contribution in [0.15, 0.2) is 65.7 Å². The predicted molar refractivity (Wildman–Crippen MR) is 110 cm³/mol. The summed E-state index contributed by atoms with van der Waals surface area (Å²) in [6.07, 6.45) is 0. The van der Waals surface area contributed by atoms with Gasteiger partial charge in [-0.3, -0.25) is 4.79 Å². The Hall–Kier alpha value is -2.92. The van der Waals surface area contributed by atoms with Crippen molar-refractivity contribution in [3.05, 3.63) is 66.4 Å². The first kappa shape index (κ1) is 17.5. The van der Waals surface area contributed by atoms with E-state index in [1.165, 1.54) is 18.9 Å². The highest BCUT2D eigenvalue weighted by Gasteiger charge is 2.15. The van der Waals surface area contributed by atoms with Crippen LogP contribution in [0.3, 0.4) is 0 Å². The van der Waals surface area contributed by atoms with E-state index in [0.29, 0.717) is 0 Å². The molecule has 0 saturated heterocycles. The number of pyridine rings is 2. The number of ether oxygens (including phenoxy) is 1. The van der Waals surface area contributed by atoms with Crippen molar-refractivity contribution in [1.29, 1.82) is 0 Å². The molecule has 0 saturated carbocycles. The molecule has 0 N–H and O–H groups in total. The van der Waals surface area contributed by atoms with Crippen LogP contribution in [-0.4, -0.2) is 28.8 Å². The van der Waals surface area contributed by atoms with Gasteiger partial charge in [0.1, 0.15) is 10.5 Å². The Bertz CT molecular complexity index is 1140. The zero-order valence-electron chi connectivity index (χ0n) is 15.1. The topological polar surface area (TPSA) is 52.1 Å². The lowest BCUT2D eigenvalue weighted by Gasteiger charge is -2.13. The van der Waals surface area contributed by atoms with E-state index in [-0.39, 0.29) is 11.7 Å². The van der Waals surface area contributed by atoms with E-state index in [1.54, 1.807) is 0 Å². The minimum Gasteiger partial charge on any atom is -0.468 e. The molecule has 134 valence electrons. The number of nitrogens with zero attached hydrogens (tertiary/aromatic N) is 2. The Balaban J connectivity index is 2.01. The van der Waals surface area contributed by atoms with Crippen LogP contribution in [0.1, 0.15) is 5.69 Å². The number of carbonyl (C=O) groups excluding carboxylic acids is 1. The number of hydrogen-bond donors (Lipinski definition) is 0. The van der Waals surface area contributed by atoms with Gasteiger partial charge in [-0.05, 0) is 18.4 Å². The van der Waals surface area contributed by atoms with Crippen molar-refractivity contribution in [2.24, 2.45) is 0 Å². The van der Waals surface area contributed by atoms with E-state index in [4.69, 9.17) is 9.72 Å². The quantitative estimate of drug-likeness (QED) is 0.285. The third-order valence-electron chi connectivity index (χ3n) is 4.39. The Morgan fingerprint density at radius 1 is 0.963 bits per heavy atom. The molecule has 0 atom stereocenters. The lowest BCUT2D eigenvalue weighted by molar-refractivity contribution is -0.137. The van der Waals surface area contributed by atoms with Crippen LogP contribution < -0.4 is 0 Å². The van der Waals surface area contributed by atoms with Crippen LogP contribution in [0.5, 0.6) is 0 Å². The summed E-state index contributed by atoms with van der Waals surface area (Å²) in [6.45, 7) is 1.96. The van der Waals surface area contributed by atoms with Crippen molar-refractivity contribution >= 4 is 39.4 Å². The van der Waals surface area contributed by atoms with Crippen LogP contribution in [-0.2, 0) is 9.53 Å². The van der Waals surface area contributed by atoms with Crippen LogP contribution in [0.2, 0.25) is 0 Å². The van der Waals surface area contributed by atoms with Gasteiger partial charge in [-0.1, -0.05) is 66.4 Å². The van der Waals surface area contributed by atoms with Crippen molar-refractivity contribution in [2.75, 3.05) is 12.9 Å². The number of aromatic nitrogens is 2. The third-order valence-corrected chi connectivity index (χ3v) is 5.32. The van der Waals surface area contributed by atoms with Gasteiger partial charge in [0.05, 0.1) is 18.6 Å². The predicted octanol–water partition coefficient (Wildman–Crippen LogP) is 5.02. The fourth-order valence-electron chi connectivity index (χ4n) is 3.15. The number of hydrogen-bond acceptors (Lipinski definition) is 5. The van der Waals surface area contributed by atoms with Gasteiger partial charge in [0.15, 0.2) is 0 Å². The maximum absolute atomic E-state index is 11.6. The lowest BCUT2D eigenvalue weighted by atomic mass is 10.0. The fourth-order valence-corrected chi connectivity index (χ4v) is 4.02. The monoisotopic (exact) mass is 374 g/mol. The number of thioether (sulfide) groups is 1. The molecule has 0 aliphatic carbocycles. The molecule has 2 aromatic heterocycles. The molecule has 0 amide bonds. The molecule has 2 heterocycles. The van der Waals surface area contributed by atoms with Crippen molar-refractivity contribution < 1.29 is 9.53 Å². The molecule has 0 aliphatic heterocycles. The first-order valence-electron chi connectivity index (χ1n) is 8.62. The summed E-state index contributed by atoms with van der Waals surface area (Å²) in [5.41, 5.74) is 3.69. The standard InChI is InChI=1S/C22H18N2O2S/c1-14-12-18-16-10-6-7-11-17(16)20(15-8-4-3-5-9-15)24-21(18)22(23-14)27-13-19(25)26-2/h3-12H,13H2,1-2H3. The number of fused-ring (bicyclic) bond motifs is 3. The van der Waals surface area contributed by atoms with Crippen LogP contribution >= 0.6 is 11.8 Å². The highest BCUT2D eigenvalue weighted by molar-refractivity contribution is 8.00. The molecule has 4 rings (SSSR count). The van der Waals surface area contributed by atoms with E-state index < -0.39 is 0 Å². The second kappa shape index (κ2) is 7.37. The minimum atomic E-state index is -0.277. The van der Waals surface area contributed by atoms with Gasteiger partial charge in [-0.2, -0.15) is 0 Å². The van der Waals surface area contributed by atoms with Gasteiger partial charge in [-0.15, -0.1) is 0 Å². The number of rotatable bonds is 4. The third kappa shape index (κ3) is 3.38. The van der Waals surface area contributed by atoms with E-state index >= 15 is 0 Å². The van der Waals surface area contributed by atoms with Gasteiger partial charge in [0, 0.05) is 22.0 Å². The summed E-state index contributed by atoms with van der Waals surface area (Å²) in [6, 6.07) is 20.5. The average Bonchev–Trinajstić information content (AvgIpc) is 2.72. The molecule has 0 spiro atoms. The Morgan fingerprint density at radius 3 is 2.41 bits per heavy atom. The first-order valence-corrected chi connectivity index (χ1v) is 9.61. The maximum Gasteiger partial charge on any atom is 0.316 e. The summed E-state index contributed by atoms with van der Waals surface area (Å²) >= 11 is 1.36. The lowest BCUT2D eigenvalue weighted by Crippen LogP contribution is -2.04. The Morgan fingerprint density at radius 2 is 1.67 bits per heavy atom. The van der Waals surface area contributed by atoms with Crippen molar-refractivity contribution in [2.45, 2.75) is 11.9 Å². The zero-order chi connectivity index (χ0) is 18.8. The molecule has 5 heteroatoms. The Kier molecular flexibility index (Phi) is 4.77.